The van der Waals surface area contributed by atoms with Gasteiger partial charge < -0.3 is 29.5 Å². The SMILES string of the molecule is COc1cc2c(N[C@H](C)c3cccc(C(F)(F)CO)c3)nc(C)nc2c(CCCCCCN2CCN(C(=O)COc3ccc4c(C5CCC(=O)NC5=O)nn(C)c4c3)CC2)c1OC. The average molecular weight is 871 g/mol. The van der Waals surface area contributed by atoms with Crippen molar-refractivity contribution in [1.29, 1.82) is 0 Å². The largest absolute Gasteiger partial charge is 0.493 e. The minimum atomic E-state index is -3.35. The molecule has 336 valence electrons. The van der Waals surface area contributed by atoms with E-state index in [1.54, 1.807) is 44.1 Å². The molecule has 0 radical (unpaired) electrons. The summed E-state index contributed by atoms with van der Waals surface area (Å²) in [6, 6.07) is 12.9. The highest BCUT2D eigenvalue weighted by molar-refractivity contribution is 6.02. The lowest BCUT2D eigenvalue weighted by Gasteiger charge is -2.34. The highest BCUT2D eigenvalue weighted by Crippen LogP contribution is 2.41. The number of amides is 3. The summed E-state index contributed by atoms with van der Waals surface area (Å²) in [5, 5.41) is 21.1. The van der Waals surface area contributed by atoms with Crippen LogP contribution in [0.4, 0.5) is 14.6 Å². The fourth-order valence-electron chi connectivity index (χ4n) is 8.55. The lowest BCUT2D eigenvalue weighted by Crippen LogP contribution is -2.50. The summed E-state index contributed by atoms with van der Waals surface area (Å²) in [5.74, 6) is -1.72. The average Bonchev–Trinajstić information content (AvgIpc) is 3.61. The van der Waals surface area contributed by atoms with Gasteiger partial charge in [0.25, 0.3) is 11.8 Å². The van der Waals surface area contributed by atoms with Crippen LogP contribution in [0.3, 0.4) is 0 Å². The number of aryl methyl sites for hydroxylation is 3. The van der Waals surface area contributed by atoms with Crippen LogP contribution in [0.25, 0.3) is 21.8 Å². The van der Waals surface area contributed by atoms with Gasteiger partial charge in [-0.2, -0.15) is 13.9 Å². The van der Waals surface area contributed by atoms with E-state index >= 15 is 0 Å². The fraction of sp³-hybridized carbons (Fsp3) is 0.478. The van der Waals surface area contributed by atoms with Crippen LogP contribution in [-0.2, 0) is 33.8 Å². The van der Waals surface area contributed by atoms with Gasteiger partial charge in [-0.15, -0.1) is 0 Å². The molecule has 0 bridgehead atoms. The maximum absolute atomic E-state index is 14.3. The summed E-state index contributed by atoms with van der Waals surface area (Å²) >= 11 is 0. The molecular weight excluding hydrogens is 815 g/mol. The highest BCUT2D eigenvalue weighted by atomic mass is 19.3. The second kappa shape index (κ2) is 19.6. The Bertz CT molecular complexity index is 2470. The summed E-state index contributed by atoms with van der Waals surface area (Å²) < 4.78 is 47.9. The van der Waals surface area contributed by atoms with Gasteiger partial charge in [0, 0.05) is 73.7 Å². The Hall–Kier alpha value is -5.94. The van der Waals surface area contributed by atoms with Gasteiger partial charge in [-0.3, -0.25) is 29.3 Å². The molecule has 2 aliphatic heterocycles. The minimum Gasteiger partial charge on any atom is -0.493 e. The third-order valence-corrected chi connectivity index (χ3v) is 12.1. The second-order valence-corrected chi connectivity index (χ2v) is 16.3. The van der Waals surface area contributed by atoms with Gasteiger partial charge in [-0.1, -0.05) is 31.0 Å². The number of halogens is 2. The number of aliphatic hydroxyl groups is 1. The number of piperidine rings is 1. The number of methoxy groups -OCH3 is 2. The van der Waals surface area contributed by atoms with Gasteiger partial charge >= 0.3 is 0 Å². The number of aliphatic hydroxyl groups excluding tert-OH is 1. The van der Waals surface area contributed by atoms with Crippen LogP contribution in [0, 0.1) is 6.92 Å². The first-order valence-electron chi connectivity index (χ1n) is 21.5. The van der Waals surface area contributed by atoms with Gasteiger partial charge in [-0.25, -0.2) is 9.97 Å². The molecule has 3 N–H and O–H groups in total. The van der Waals surface area contributed by atoms with Crippen molar-refractivity contribution in [3.63, 3.8) is 0 Å². The zero-order chi connectivity index (χ0) is 44.8. The van der Waals surface area contributed by atoms with Crippen molar-refractivity contribution >= 4 is 45.3 Å². The molecule has 3 aromatic carbocycles. The van der Waals surface area contributed by atoms with Crippen LogP contribution in [0.2, 0.25) is 0 Å². The van der Waals surface area contributed by atoms with Crippen molar-refractivity contribution in [2.24, 2.45) is 7.05 Å². The molecule has 63 heavy (non-hydrogen) atoms. The van der Waals surface area contributed by atoms with Crippen LogP contribution < -0.4 is 24.8 Å². The molecule has 2 fully saturated rings. The molecule has 0 aliphatic carbocycles. The Morgan fingerprint density at radius 2 is 1.78 bits per heavy atom. The van der Waals surface area contributed by atoms with Crippen molar-refractivity contribution in [2.75, 3.05) is 65.5 Å². The number of nitrogens with zero attached hydrogens (tertiary/aromatic N) is 6. The molecule has 5 aromatic rings. The standard InChI is InChI=1S/C46H56F2N8O7/c1-28(30-11-10-12-31(23-30)46(47,48)27-57)49-44-36-25-38(61-4)43(62-5)34(41(36)50-29(2)51-44)13-8-6-7-9-18-55-19-21-56(22-20-55)40(59)26-63-32-14-15-33-37(24-32)54(3)53-42(33)35-16-17-39(58)52-45(35)60/h10-12,14-15,23-25,28,35,57H,6-9,13,16-22,26-27H2,1-5H3,(H,49,50,51)(H,52,58,60)/t28-,35?/m1/s1. The highest BCUT2D eigenvalue weighted by Gasteiger charge is 2.33. The van der Waals surface area contributed by atoms with E-state index < -0.39 is 24.5 Å². The van der Waals surface area contributed by atoms with Crippen molar-refractivity contribution in [3.8, 4) is 17.2 Å². The molecule has 0 saturated carbocycles. The number of alkyl halides is 2. The number of piperazine rings is 1. The molecule has 2 aliphatic rings. The Balaban J connectivity index is 0.883. The molecule has 2 saturated heterocycles. The van der Waals surface area contributed by atoms with Crippen molar-refractivity contribution in [1.82, 2.24) is 34.9 Å². The number of benzene rings is 3. The Kier molecular flexibility index (Phi) is 14.0. The minimum absolute atomic E-state index is 0.0706. The van der Waals surface area contributed by atoms with E-state index in [9.17, 15) is 28.3 Å². The van der Waals surface area contributed by atoms with Crippen LogP contribution in [-0.4, -0.2) is 113 Å². The van der Waals surface area contributed by atoms with E-state index in [0.717, 1.165) is 72.7 Å². The van der Waals surface area contributed by atoms with Crippen LogP contribution in [0.1, 0.15) is 85.6 Å². The third kappa shape index (κ3) is 10.1. The maximum atomic E-state index is 14.3. The van der Waals surface area contributed by atoms with Gasteiger partial charge in [0.05, 0.1) is 36.9 Å². The van der Waals surface area contributed by atoms with E-state index in [-0.39, 0.29) is 36.3 Å². The number of unbranched alkanes of at least 4 members (excludes halogenated alkanes) is 3. The molecular formula is C46H56F2N8O7. The Morgan fingerprint density at radius 3 is 2.51 bits per heavy atom. The lowest BCUT2D eigenvalue weighted by atomic mass is 9.93. The first kappa shape index (κ1) is 45.1. The number of carbonyl (C=O) groups excluding carboxylic acids is 3. The number of carbonyl (C=O) groups is 3. The van der Waals surface area contributed by atoms with E-state index in [1.165, 1.54) is 12.1 Å². The number of nitrogens with one attached hydrogen (secondary N) is 2. The van der Waals surface area contributed by atoms with Gasteiger partial charge in [-0.05, 0) is 75.9 Å². The predicted molar refractivity (Wildman–Crippen MR) is 233 cm³/mol. The van der Waals surface area contributed by atoms with Crippen LogP contribution >= 0.6 is 0 Å². The fourth-order valence-corrected chi connectivity index (χ4v) is 8.55. The lowest BCUT2D eigenvalue weighted by molar-refractivity contribution is -0.135. The van der Waals surface area contributed by atoms with Crippen molar-refractivity contribution < 1.29 is 42.5 Å². The summed E-state index contributed by atoms with van der Waals surface area (Å²) in [4.78, 5) is 51.0. The molecule has 7 rings (SSSR count). The molecule has 0 spiro atoms. The summed E-state index contributed by atoms with van der Waals surface area (Å²) in [6.45, 7) is 6.11. The number of imide groups is 1. The van der Waals surface area contributed by atoms with Crippen LogP contribution in [0.5, 0.6) is 17.2 Å². The summed E-state index contributed by atoms with van der Waals surface area (Å²) in [5.41, 5.74) is 3.42. The Labute approximate surface area is 365 Å². The number of anilines is 1. The predicted octanol–water partition coefficient (Wildman–Crippen LogP) is 5.95. The quantitative estimate of drug-likeness (QED) is 0.0700. The molecule has 4 heterocycles. The van der Waals surface area contributed by atoms with E-state index in [2.05, 4.69) is 20.6 Å². The van der Waals surface area contributed by atoms with Crippen molar-refractivity contribution in [3.05, 3.63) is 76.7 Å². The number of fused-ring (bicyclic) bond motifs is 2. The van der Waals surface area contributed by atoms with Gasteiger partial charge in [0.2, 0.25) is 11.8 Å². The first-order valence-corrected chi connectivity index (χ1v) is 21.5. The molecule has 17 heteroatoms. The van der Waals surface area contributed by atoms with Crippen molar-refractivity contribution in [2.45, 2.75) is 76.7 Å². The van der Waals surface area contributed by atoms with E-state index in [0.29, 0.717) is 66.1 Å². The normalized spacial score (nSPS) is 16.6. The molecule has 15 nitrogen and oxygen atoms in total. The monoisotopic (exact) mass is 870 g/mol. The summed E-state index contributed by atoms with van der Waals surface area (Å²) in [6.07, 6.45) is 5.31. The number of hydrogen-bond acceptors (Lipinski definition) is 12. The topological polar surface area (TPSA) is 173 Å². The molecule has 2 atom stereocenters. The number of aromatic nitrogens is 4. The number of ether oxygens (including phenoxy) is 3. The zero-order valence-corrected chi connectivity index (χ0v) is 36.5. The van der Waals surface area contributed by atoms with Gasteiger partial charge in [0.15, 0.2) is 18.1 Å². The smallest absolute Gasteiger partial charge is 0.295 e. The zero-order valence-electron chi connectivity index (χ0n) is 36.5. The number of hydrogen-bond donors (Lipinski definition) is 3. The maximum Gasteiger partial charge on any atom is 0.295 e. The molecule has 3 amide bonds. The third-order valence-electron chi connectivity index (χ3n) is 12.1. The van der Waals surface area contributed by atoms with Gasteiger partial charge in [0.1, 0.15) is 24.0 Å². The first-order chi connectivity index (χ1) is 30.3. The molecule has 1 unspecified atom stereocenters. The number of rotatable bonds is 18. The Morgan fingerprint density at radius 1 is 1.00 bits per heavy atom. The summed E-state index contributed by atoms with van der Waals surface area (Å²) in [7, 11) is 4.99. The molecule has 2 aromatic heterocycles. The van der Waals surface area contributed by atoms with E-state index in [4.69, 9.17) is 24.2 Å². The van der Waals surface area contributed by atoms with Crippen LogP contribution in [0.15, 0.2) is 48.5 Å². The van der Waals surface area contributed by atoms with E-state index in [1.807, 2.05) is 36.9 Å². The second-order valence-electron chi connectivity index (χ2n) is 16.3.